The molecule has 1 heterocycles. The topological polar surface area (TPSA) is 29.5 Å². The van der Waals surface area contributed by atoms with Gasteiger partial charge in [-0.3, -0.25) is 4.79 Å². The standard InChI is InChI=1S/C13H15BrClNO2/c1-7-4-5-18-12-9(13(17)16(7)3)6-10(14)8(2)11(12)15/h6-7H,4-5H2,1-3H3. The summed E-state index contributed by atoms with van der Waals surface area (Å²) in [5.41, 5.74) is 1.41. The zero-order chi connectivity index (χ0) is 13.4. The lowest BCUT2D eigenvalue weighted by Crippen LogP contribution is -2.38. The number of carbonyl (C=O) groups is 1. The Bertz CT molecular complexity index is 504. The van der Waals surface area contributed by atoms with E-state index in [1.165, 1.54) is 0 Å². The molecule has 0 fully saturated rings. The van der Waals surface area contributed by atoms with E-state index < -0.39 is 0 Å². The van der Waals surface area contributed by atoms with E-state index in [-0.39, 0.29) is 11.9 Å². The van der Waals surface area contributed by atoms with Gasteiger partial charge in [-0.15, -0.1) is 0 Å². The first-order chi connectivity index (χ1) is 8.43. The molecular weight excluding hydrogens is 318 g/mol. The van der Waals surface area contributed by atoms with Crippen molar-refractivity contribution in [3.63, 3.8) is 0 Å². The second-order valence-corrected chi connectivity index (χ2v) is 5.81. The van der Waals surface area contributed by atoms with Crippen molar-refractivity contribution < 1.29 is 9.53 Å². The van der Waals surface area contributed by atoms with E-state index in [0.717, 1.165) is 16.5 Å². The van der Waals surface area contributed by atoms with E-state index in [1.54, 1.807) is 11.0 Å². The van der Waals surface area contributed by atoms with Gasteiger partial charge in [-0.05, 0) is 25.5 Å². The zero-order valence-corrected chi connectivity index (χ0v) is 12.9. The fourth-order valence-corrected chi connectivity index (χ4v) is 2.71. The lowest BCUT2D eigenvalue weighted by atomic mass is 10.1. The van der Waals surface area contributed by atoms with Crippen molar-refractivity contribution in [2.45, 2.75) is 26.3 Å². The molecule has 3 nitrogen and oxygen atoms in total. The summed E-state index contributed by atoms with van der Waals surface area (Å²) in [6, 6.07) is 1.94. The zero-order valence-electron chi connectivity index (χ0n) is 10.6. The number of hydrogen-bond donors (Lipinski definition) is 0. The van der Waals surface area contributed by atoms with E-state index >= 15 is 0 Å². The fraction of sp³-hybridized carbons (Fsp3) is 0.462. The van der Waals surface area contributed by atoms with Crippen LogP contribution in [0.1, 0.15) is 29.3 Å². The number of hydrogen-bond acceptors (Lipinski definition) is 2. The third-order valence-corrected chi connectivity index (χ3v) is 4.68. The first kappa shape index (κ1) is 13.7. The smallest absolute Gasteiger partial charge is 0.257 e. The van der Waals surface area contributed by atoms with E-state index in [2.05, 4.69) is 15.9 Å². The summed E-state index contributed by atoms with van der Waals surface area (Å²) in [6.45, 7) is 4.47. The average molecular weight is 333 g/mol. The molecule has 0 radical (unpaired) electrons. The molecule has 2 rings (SSSR count). The second-order valence-electron chi connectivity index (χ2n) is 4.58. The molecule has 18 heavy (non-hydrogen) atoms. The summed E-state index contributed by atoms with van der Waals surface area (Å²) in [7, 11) is 1.81. The van der Waals surface area contributed by atoms with Crippen LogP contribution in [0.15, 0.2) is 10.5 Å². The Kier molecular flexibility index (Phi) is 3.87. The Morgan fingerprint density at radius 2 is 2.22 bits per heavy atom. The molecule has 5 heteroatoms. The van der Waals surface area contributed by atoms with Gasteiger partial charge in [0.1, 0.15) is 0 Å². The predicted octanol–water partition coefficient (Wildman–Crippen LogP) is 3.65. The van der Waals surface area contributed by atoms with Gasteiger partial charge in [-0.2, -0.15) is 0 Å². The van der Waals surface area contributed by atoms with Crippen molar-refractivity contribution >= 4 is 33.4 Å². The van der Waals surface area contributed by atoms with Gasteiger partial charge in [0.05, 0.1) is 17.2 Å². The third kappa shape index (κ3) is 2.24. The van der Waals surface area contributed by atoms with Crippen LogP contribution in [0.4, 0.5) is 0 Å². The Morgan fingerprint density at radius 3 is 2.89 bits per heavy atom. The van der Waals surface area contributed by atoms with Crippen LogP contribution in [0, 0.1) is 6.92 Å². The molecule has 1 unspecified atom stereocenters. The third-order valence-electron chi connectivity index (χ3n) is 3.40. The maximum absolute atomic E-state index is 12.4. The summed E-state index contributed by atoms with van der Waals surface area (Å²) in [6.07, 6.45) is 0.799. The normalized spacial score (nSPS) is 19.9. The monoisotopic (exact) mass is 331 g/mol. The molecule has 0 saturated carbocycles. The minimum Gasteiger partial charge on any atom is -0.491 e. The van der Waals surface area contributed by atoms with E-state index in [4.69, 9.17) is 16.3 Å². The first-order valence-electron chi connectivity index (χ1n) is 5.82. The molecule has 0 bridgehead atoms. The maximum atomic E-state index is 12.4. The van der Waals surface area contributed by atoms with Crippen LogP contribution in [0.3, 0.4) is 0 Å². The Labute approximate surface area is 120 Å². The molecule has 1 amide bonds. The summed E-state index contributed by atoms with van der Waals surface area (Å²) >= 11 is 9.69. The molecule has 1 aromatic carbocycles. The highest BCUT2D eigenvalue weighted by Crippen LogP contribution is 2.38. The van der Waals surface area contributed by atoms with Crippen LogP contribution >= 0.6 is 27.5 Å². The first-order valence-corrected chi connectivity index (χ1v) is 6.99. The number of rotatable bonds is 0. The molecule has 0 aromatic heterocycles. The quantitative estimate of drug-likeness (QED) is 0.726. The van der Waals surface area contributed by atoms with Crippen LogP contribution in [0.25, 0.3) is 0 Å². The summed E-state index contributed by atoms with van der Waals surface area (Å²) in [4.78, 5) is 14.1. The number of halogens is 2. The van der Waals surface area contributed by atoms with Crippen molar-refractivity contribution in [1.29, 1.82) is 0 Å². The number of fused-ring (bicyclic) bond motifs is 1. The van der Waals surface area contributed by atoms with Gasteiger partial charge in [0.15, 0.2) is 5.75 Å². The summed E-state index contributed by atoms with van der Waals surface area (Å²) < 4.78 is 6.51. The molecule has 1 atom stereocenters. The van der Waals surface area contributed by atoms with Gasteiger partial charge in [-0.1, -0.05) is 27.5 Å². The lowest BCUT2D eigenvalue weighted by Gasteiger charge is -2.29. The van der Waals surface area contributed by atoms with Crippen LogP contribution in [-0.2, 0) is 0 Å². The van der Waals surface area contributed by atoms with Crippen molar-refractivity contribution in [2.75, 3.05) is 13.7 Å². The van der Waals surface area contributed by atoms with Gasteiger partial charge in [0, 0.05) is 24.0 Å². The number of benzene rings is 1. The molecule has 98 valence electrons. The van der Waals surface area contributed by atoms with Crippen molar-refractivity contribution in [2.24, 2.45) is 0 Å². The van der Waals surface area contributed by atoms with Crippen LogP contribution in [-0.4, -0.2) is 30.5 Å². The largest absolute Gasteiger partial charge is 0.491 e. The highest BCUT2D eigenvalue weighted by molar-refractivity contribution is 9.10. The molecule has 0 aliphatic carbocycles. The molecule has 0 saturated heterocycles. The predicted molar refractivity (Wildman–Crippen MR) is 75.6 cm³/mol. The Balaban J connectivity index is 2.59. The van der Waals surface area contributed by atoms with Crippen LogP contribution in [0.5, 0.6) is 5.75 Å². The Morgan fingerprint density at radius 1 is 1.56 bits per heavy atom. The molecular formula is C13H15BrClNO2. The van der Waals surface area contributed by atoms with Crippen LogP contribution < -0.4 is 4.74 Å². The minimum atomic E-state index is -0.0557. The van der Waals surface area contributed by atoms with Gasteiger partial charge in [0.2, 0.25) is 0 Å². The summed E-state index contributed by atoms with van der Waals surface area (Å²) in [5, 5.41) is 0.510. The van der Waals surface area contributed by atoms with Crippen molar-refractivity contribution in [1.82, 2.24) is 4.90 Å². The Hall–Kier alpha value is -0.740. The average Bonchev–Trinajstić information content (AvgIpc) is 2.35. The summed E-state index contributed by atoms with van der Waals surface area (Å²) in [5.74, 6) is 0.445. The fourth-order valence-electron chi connectivity index (χ4n) is 1.91. The molecule has 1 aliphatic heterocycles. The highest BCUT2D eigenvalue weighted by Gasteiger charge is 2.27. The van der Waals surface area contributed by atoms with E-state index in [1.807, 2.05) is 20.9 Å². The van der Waals surface area contributed by atoms with Crippen molar-refractivity contribution in [3.05, 3.63) is 26.7 Å². The molecule has 0 spiro atoms. The molecule has 0 N–H and O–H groups in total. The highest BCUT2D eigenvalue weighted by atomic mass is 79.9. The molecule has 1 aromatic rings. The van der Waals surface area contributed by atoms with E-state index in [0.29, 0.717) is 22.9 Å². The number of amides is 1. The van der Waals surface area contributed by atoms with Crippen molar-refractivity contribution in [3.8, 4) is 5.75 Å². The number of nitrogens with zero attached hydrogens (tertiary/aromatic N) is 1. The van der Waals surface area contributed by atoms with E-state index in [9.17, 15) is 4.79 Å². The second kappa shape index (κ2) is 5.10. The molecule has 1 aliphatic rings. The van der Waals surface area contributed by atoms with Gasteiger partial charge < -0.3 is 9.64 Å². The lowest BCUT2D eigenvalue weighted by molar-refractivity contribution is 0.0700. The van der Waals surface area contributed by atoms with Crippen LogP contribution in [0.2, 0.25) is 5.02 Å². The van der Waals surface area contributed by atoms with Gasteiger partial charge in [-0.25, -0.2) is 0 Å². The van der Waals surface area contributed by atoms with Gasteiger partial charge in [0.25, 0.3) is 5.91 Å². The van der Waals surface area contributed by atoms with Gasteiger partial charge >= 0.3 is 0 Å². The maximum Gasteiger partial charge on any atom is 0.257 e. The minimum absolute atomic E-state index is 0.0557. The number of carbonyl (C=O) groups excluding carboxylic acids is 1. The SMILES string of the molecule is Cc1c(Br)cc2c(c1Cl)OCCC(C)N(C)C2=O. The number of ether oxygens (including phenoxy) is 1.